The van der Waals surface area contributed by atoms with Crippen molar-refractivity contribution in [2.24, 2.45) is 0 Å². The Morgan fingerprint density at radius 1 is 0.833 bits per heavy atom. The quantitative estimate of drug-likeness (QED) is 0.133. The standard InChI is InChI=1S/C33H39F3N2O4/c1-3-5-7-8-9-10-11-12-23-21-37-30(38-22-23)26-18-19-27(31(39)40)28(20-26)24-14-16-25(17-15-24)32(41)42-29(13-6-4-2)33(34,35)36/h14-22,29H,3-13H2,1-2H3,(H,39,40). The van der Waals surface area contributed by atoms with Crippen molar-refractivity contribution >= 4 is 11.9 Å². The van der Waals surface area contributed by atoms with Crippen LogP contribution < -0.4 is 0 Å². The fourth-order valence-electron chi connectivity index (χ4n) is 4.69. The molecule has 0 saturated heterocycles. The molecule has 1 N–H and O–H groups in total. The summed E-state index contributed by atoms with van der Waals surface area (Å²) < 4.78 is 44.7. The highest BCUT2D eigenvalue weighted by molar-refractivity contribution is 5.97. The molecule has 3 rings (SSSR count). The molecule has 1 heterocycles. The highest BCUT2D eigenvalue weighted by Gasteiger charge is 2.42. The van der Waals surface area contributed by atoms with Gasteiger partial charge in [-0.3, -0.25) is 0 Å². The van der Waals surface area contributed by atoms with E-state index < -0.39 is 24.2 Å². The zero-order valence-electron chi connectivity index (χ0n) is 24.3. The summed E-state index contributed by atoms with van der Waals surface area (Å²) in [6.45, 7) is 3.96. The number of esters is 1. The Bertz CT molecular complexity index is 1290. The van der Waals surface area contributed by atoms with Crippen LogP contribution in [0.1, 0.15) is 104 Å². The molecule has 6 nitrogen and oxygen atoms in total. The van der Waals surface area contributed by atoms with Gasteiger partial charge in [-0.15, -0.1) is 0 Å². The number of benzene rings is 2. The molecule has 0 radical (unpaired) electrons. The fourth-order valence-corrected chi connectivity index (χ4v) is 4.69. The highest BCUT2D eigenvalue weighted by Crippen LogP contribution is 2.31. The normalized spacial score (nSPS) is 12.2. The zero-order valence-corrected chi connectivity index (χ0v) is 24.3. The van der Waals surface area contributed by atoms with Crippen molar-refractivity contribution in [1.29, 1.82) is 0 Å². The van der Waals surface area contributed by atoms with Gasteiger partial charge in [-0.1, -0.05) is 77.0 Å². The van der Waals surface area contributed by atoms with Crippen LogP contribution in [0.25, 0.3) is 22.5 Å². The number of unbranched alkanes of at least 4 members (excludes halogenated alkanes) is 7. The number of hydrogen-bond acceptors (Lipinski definition) is 5. The number of aromatic carboxylic acids is 1. The van der Waals surface area contributed by atoms with Gasteiger partial charge in [0.2, 0.25) is 0 Å². The Morgan fingerprint density at radius 2 is 1.43 bits per heavy atom. The smallest absolute Gasteiger partial charge is 0.425 e. The van der Waals surface area contributed by atoms with E-state index in [9.17, 15) is 27.9 Å². The number of aromatic nitrogens is 2. The molecule has 0 bridgehead atoms. The first-order valence-corrected chi connectivity index (χ1v) is 14.7. The molecule has 0 saturated carbocycles. The van der Waals surface area contributed by atoms with Gasteiger partial charge in [-0.25, -0.2) is 19.6 Å². The van der Waals surface area contributed by atoms with E-state index in [4.69, 9.17) is 4.74 Å². The molecule has 2 aromatic carbocycles. The van der Waals surface area contributed by atoms with Crippen molar-refractivity contribution in [2.45, 2.75) is 96.8 Å². The molecule has 9 heteroatoms. The summed E-state index contributed by atoms with van der Waals surface area (Å²) in [6.07, 6.45) is 6.70. The Morgan fingerprint density at radius 3 is 2.02 bits per heavy atom. The maximum absolute atomic E-state index is 13.3. The molecule has 42 heavy (non-hydrogen) atoms. The molecule has 0 aliphatic rings. The second kappa shape index (κ2) is 16.0. The molecule has 3 aromatic rings. The van der Waals surface area contributed by atoms with Crippen LogP contribution in [-0.2, 0) is 11.2 Å². The number of alkyl halides is 3. The summed E-state index contributed by atoms with van der Waals surface area (Å²) in [5.41, 5.74) is 2.47. The average molecular weight is 585 g/mol. The third-order valence-corrected chi connectivity index (χ3v) is 7.15. The van der Waals surface area contributed by atoms with Gasteiger partial charge < -0.3 is 9.84 Å². The Kier molecular flexibility index (Phi) is 12.5. The number of carbonyl (C=O) groups is 2. The van der Waals surface area contributed by atoms with Crippen LogP contribution in [0.5, 0.6) is 0 Å². The molecular formula is C33H39F3N2O4. The second-order valence-electron chi connectivity index (χ2n) is 10.5. The summed E-state index contributed by atoms with van der Waals surface area (Å²) in [5.74, 6) is -1.78. The number of halogens is 3. The van der Waals surface area contributed by atoms with Crippen LogP contribution >= 0.6 is 0 Å². The van der Waals surface area contributed by atoms with Gasteiger partial charge in [0.15, 0.2) is 11.9 Å². The van der Waals surface area contributed by atoms with Gasteiger partial charge in [-0.2, -0.15) is 13.2 Å². The molecule has 0 spiro atoms. The minimum absolute atomic E-state index is 0.0290. The minimum atomic E-state index is -4.66. The number of aryl methyl sites for hydroxylation is 1. The van der Waals surface area contributed by atoms with Crippen molar-refractivity contribution in [1.82, 2.24) is 9.97 Å². The van der Waals surface area contributed by atoms with Crippen molar-refractivity contribution < 1.29 is 32.6 Å². The maximum atomic E-state index is 13.3. The van der Waals surface area contributed by atoms with Crippen LogP contribution in [-0.4, -0.2) is 39.3 Å². The lowest BCUT2D eigenvalue weighted by molar-refractivity contribution is -0.206. The van der Waals surface area contributed by atoms with E-state index >= 15 is 0 Å². The van der Waals surface area contributed by atoms with Crippen molar-refractivity contribution in [3.8, 4) is 22.5 Å². The summed E-state index contributed by atoms with van der Waals surface area (Å²) in [5, 5.41) is 9.77. The molecule has 1 atom stereocenters. The lowest BCUT2D eigenvalue weighted by atomic mass is 9.96. The number of rotatable bonds is 16. The van der Waals surface area contributed by atoms with E-state index in [0.717, 1.165) is 18.4 Å². The molecule has 0 aliphatic carbocycles. The lowest BCUT2D eigenvalue weighted by Gasteiger charge is -2.20. The highest BCUT2D eigenvalue weighted by atomic mass is 19.4. The number of nitrogens with zero attached hydrogens (tertiary/aromatic N) is 2. The van der Waals surface area contributed by atoms with Crippen molar-refractivity contribution in [2.75, 3.05) is 0 Å². The monoisotopic (exact) mass is 584 g/mol. The summed E-state index contributed by atoms with van der Waals surface area (Å²) in [7, 11) is 0. The third kappa shape index (κ3) is 9.67. The van der Waals surface area contributed by atoms with E-state index in [0.29, 0.717) is 28.9 Å². The minimum Gasteiger partial charge on any atom is -0.478 e. The fraction of sp³-hybridized carbons (Fsp3) is 0.455. The van der Waals surface area contributed by atoms with E-state index in [1.54, 1.807) is 31.5 Å². The van der Waals surface area contributed by atoms with Crippen LogP contribution in [0.15, 0.2) is 54.9 Å². The van der Waals surface area contributed by atoms with Crippen molar-refractivity contribution in [3.05, 3.63) is 71.5 Å². The number of hydrogen-bond donors (Lipinski definition) is 1. The lowest BCUT2D eigenvalue weighted by Crippen LogP contribution is -2.33. The van der Waals surface area contributed by atoms with Gasteiger partial charge in [0.25, 0.3) is 0 Å². The van der Waals surface area contributed by atoms with E-state index in [2.05, 4.69) is 16.9 Å². The summed E-state index contributed by atoms with van der Waals surface area (Å²) >= 11 is 0. The van der Waals surface area contributed by atoms with E-state index in [-0.39, 0.29) is 24.0 Å². The Labute approximate surface area is 245 Å². The number of carbonyl (C=O) groups excluding carboxylic acids is 1. The summed E-state index contributed by atoms with van der Waals surface area (Å²) in [6, 6.07) is 10.4. The van der Waals surface area contributed by atoms with E-state index in [1.165, 1.54) is 68.9 Å². The molecule has 0 amide bonds. The van der Waals surface area contributed by atoms with Gasteiger partial charge in [-0.05, 0) is 66.6 Å². The first-order valence-electron chi connectivity index (χ1n) is 14.7. The number of ether oxygens (including phenoxy) is 1. The van der Waals surface area contributed by atoms with Crippen LogP contribution in [0.3, 0.4) is 0 Å². The molecule has 0 aliphatic heterocycles. The van der Waals surface area contributed by atoms with Gasteiger partial charge >= 0.3 is 18.1 Å². The second-order valence-corrected chi connectivity index (χ2v) is 10.5. The predicted molar refractivity (Wildman–Crippen MR) is 156 cm³/mol. The molecule has 226 valence electrons. The Balaban J connectivity index is 1.73. The number of carboxylic acid groups (broad SMARTS) is 1. The van der Waals surface area contributed by atoms with Crippen molar-refractivity contribution in [3.63, 3.8) is 0 Å². The Hall–Kier alpha value is -3.75. The van der Waals surface area contributed by atoms with Gasteiger partial charge in [0.05, 0.1) is 11.1 Å². The summed E-state index contributed by atoms with van der Waals surface area (Å²) in [4.78, 5) is 33.4. The van der Waals surface area contributed by atoms with Crippen LogP contribution in [0, 0.1) is 0 Å². The predicted octanol–water partition coefficient (Wildman–Crippen LogP) is 9.08. The SMILES string of the molecule is CCCCCCCCCc1cnc(-c2ccc(C(=O)O)c(-c3ccc(C(=O)OC(CCCC)C(F)(F)F)cc3)c2)nc1. The molecule has 1 aromatic heterocycles. The van der Waals surface area contributed by atoms with E-state index in [1.807, 2.05) is 0 Å². The first-order chi connectivity index (χ1) is 20.1. The number of carboxylic acids is 1. The zero-order chi connectivity index (χ0) is 30.5. The molecule has 1 unspecified atom stereocenters. The first kappa shape index (κ1) is 32.8. The third-order valence-electron chi connectivity index (χ3n) is 7.15. The average Bonchev–Trinajstić information content (AvgIpc) is 2.98. The van der Waals surface area contributed by atoms with Crippen LogP contribution in [0.2, 0.25) is 0 Å². The molecule has 0 fully saturated rings. The largest absolute Gasteiger partial charge is 0.478 e. The van der Waals surface area contributed by atoms with Crippen LogP contribution in [0.4, 0.5) is 13.2 Å². The topological polar surface area (TPSA) is 89.4 Å². The molecular weight excluding hydrogens is 545 g/mol. The van der Waals surface area contributed by atoms with Gasteiger partial charge in [0, 0.05) is 18.0 Å². The van der Waals surface area contributed by atoms with Gasteiger partial charge in [0.1, 0.15) is 0 Å². The maximum Gasteiger partial charge on any atom is 0.425 e.